The van der Waals surface area contributed by atoms with Crippen LogP contribution >= 0.6 is 0 Å². The van der Waals surface area contributed by atoms with Crippen LogP contribution in [0.4, 0.5) is 5.82 Å². The van der Waals surface area contributed by atoms with E-state index in [1.165, 1.54) is 10.8 Å². The summed E-state index contributed by atoms with van der Waals surface area (Å²) in [7, 11) is 1.67. The van der Waals surface area contributed by atoms with Gasteiger partial charge in [-0.05, 0) is 6.92 Å². The molecule has 0 aliphatic rings. The predicted octanol–water partition coefficient (Wildman–Crippen LogP) is -0.868. The molecule has 1 unspecified atom stereocenters. The number of hydrogen-bond acceptors (Lipinski definition) is 3. The normalized spacial score (nSPS) is 13.6. The van der Waals surface area contributed by atoms with E-state index in [2.05, 4.69) is 4.98 Å². The van der Waals surface area contributed by atoms with Crippen LogP contribution in [0.15, 0.2) is 6.20 Å². The van der Waals surface area contributed by atoms with Gasteiger partial charge >= 0.3 is 0 Å². The molecular formula is C5H9N3O2. The smallest absolute Gasteiger partial charge is 0.259 e. The number of aryl methyl sites for hydroxylation is 1. The summed E-state index contributed by atoms with van der Waals surface area (Å²) in [5, 5.41) is 18.0. The van der Waals surface area contributed by atoms with Gasteiger partial charge in [-0.2, -0.15) is 5.23 Å². The molecule has 0 aliphatic heterocycles. The zero-order valence-electron chi connectivity index (χ0n) is 5.83. The van der Waals surface area contributed by atoms with Crippen molar-refractivity contribution in [1.82, 2.24) is 9.55 Å². The highest BCUT2D eigenvalue weighted by molar-refractivity contribution is 5.16. The van der Waals surface area contributed by atoms with Gasteiger partial charge in [0.05, 0.1) is 0 Å². The van der Waals surface area contributed by atoms with Crippen molar-refractivity contribution in [2.45, 2.75) is 6.92 Å². The molecule has 5 heteroatoms. The molecule has 0 bridgehead atoms. The lowest BCUT2D eigenvalue weighted by molar-refractivity contribution is -0.994. The molecule has 0 aromatic carbocycles. The molecule has 0 spiro atoms. The average Bonchev–Trinajstić information content (AvgIpc) is 2.14. The molecule has 0 saturated carbocycles. The van der Waals surface area contributed by atoms with E-state index in [1.54, 1.807) is 14.0 Å². The van der Waals surface area contributed by atoms with Gasteiger partial charge in [-0.15, -0.1) is 0 Å². The van der Waals surface area contributed by atoms with Crippen molar-refractivity contribution >= 4 is 5.82 Å². The minimum Gasteiger partial charge on any atom is -0.594 e. The third kappa shape index (κ3) is 1.02. The Hall–Kier alpha value is -0.910. The maximum atomic E-state index is 10.4. The third-order valence-corrected chi connectivity index (χ3v) is 1.44. The molecule has 0 amide bonds. The van der Waals surface area contributed by atoms with Crippen molar-refractivity contribution < 1.29 is 10.4 Å². The quantitative estimate of drug-likeness (QED) is 0.502. The molecule has 5 nitrogen and oxygen atoms in total. The fraction of sp³-hybridized carbons (Fsp3) is 0.400. The van der Waals surface area contributed by atoms with Gasteiger partial charge in [-0.1, -0.05) is 0 Å². The van der Waals surface area contributed by atoms with Crippen molar-refractivity contribution in [3.63, 3.8) is 0 Å². The van der Waals surface area contributed by atoms with E-state index in [9.17, 15) is 5.21 Å². The molecule has 1 atom stereocenters. The highest BCUT2D eigenvalue weighted by Crippen LogP contribution is 2.00. The lowest BCUT2D eigenvalue weighted by Gasteiger charge is -2.10. The van der Waals surface area contributed by atoms with Crippen molar-refractivity contribution in [2.24, 2.45) is 7.05 Å². The van der Waals surface area contributed by atoms with Crippen LogP contribution in [0.5, 0.6) is 0 Å². The maximum Gasteiger partial charge on any atom is 0.259 e. The number of hydrogen-bond donors (Lipinski definition) is 2. The van der Waals surface area contributed by atoms with Crippen LogP contribution in [-0.2, 0) is 7.05 Å². The standard InChI is InChI=1S/C5H9N3O2/c1-4-6-3-5(7(4)2)8(9)10/h3,8-9H,1-2H3. The molecule has 1 rings (SSSR count). The van der Waals surface area contributed by atoms with Gasteiger partial charge in [0.2, 0.25) is 0 Å². The molecule has 2 N–H and O–H groups in total. The van der Waals surface area contributed by atoms with Gasteiger partial charge in [0, 0.05) is 7.05 Å². The van der Waals surface area contributed by atoms with Crippen molar-refractivity contribution in [1.29, 1.82) is 0 Å². The molecule has 0 radical (unpaired) electrons. The Morgan fingerprint density at radius 1 is 1.80 bits per heavy atom. The second-order valence-electron chi connectivity index (χ2n) is 2.05. The molecule has 0 saturated heterocycles. The Bertz CT molecular complexity index is 231. The summed E-state index contributed by atoms with van der Waals surface area (Å²) in [5.74, 6) is 0.926. The summed E-state index contributed by atoms with van der Waals surface area (Å²) in [6.45, 7) is 1.76. The second kappa shape index (κ2) is 2.37. The minimum absolute atomic E-state index is 0.220. The van der Waals surface area contributed by atoms with Crippen LogP contribution in [0.25, 0.3) is 0 Å². The Kier molecular flexibility index (Phi) is 1.71. The summed E-state index contributed by atoms with van der Waals surface area (Å²) < 4.78 is 1.53. The topological polar surface area (TPSA) is 65.6 Å². The first-order chi connectivity index (χ1) is 4.63. The van der Waals surface area contributed by atoms with Gasteiger partial charge < -0.3 is 5.21 Å². The Morgan fingerprint density at radius 3 is 2.60 bits per heavy atom. The number of quaternary nitrogens is 1. The average molecular weight is 143 g/mol. The monoisotopic (exact) mass is 143 g/mol. The zero-order valence-corrected chi connectivity index (χ0v) is 5.83. The van der Waals surface area contributed by atoms with E-state index in [0.717, 1.165) is 0 Å². The van der Waals surface area contributed by atoms with Crippen molar-refractivity contribution in [2.75, 3.05) is 0 Å². The summed E-state index contributed by atoms with van der Waals surface area (Å²) in [4.78, 5) is 3.82. The first kappa shape index (κ1) is 7.20. The van der Waals surface area contributed by atoms with Crippen LogP contribution in [0.3, 0.4) is 0 Å². The molecule has 0 fully saturated rings. The number of aromatic nitrogens is 2. The second-order valence-corrected chi connectivity index (χ2v) is 2.05. The fourth-order valence-corrected chi connectivity index (χ4v) is 0.701. The van der Waals surface area contributed by atoms with Crippen LogP contribution < -0.4 is 5.23 Å². The van der Waals surface area contributed by atoms with Gasteiger partial charge in [-0.3, -0.25) is 4.57 Å². The van der Waals surface area contributed by atoms with Gasteiger partial charge in [0.1, 0.15) is 12.0 Å². The SMILES string of the molecule is Cc1ncc([NH+]([O-])O)n1C. The number of imidazole rings is 1. The predicted molar refractivity (Wildman–Crippen MR) is 33.7 cm³/mol. The van der Waals surface area contributed by atoms with Crippen LogP contribution in [0.2, 0.25) is 0 Å². The molecule has 0 aliphatic carbocycles. The highest BCUT2D eigenvalue weighted by Gasteiger charge is 2.06. The first-order valence-electron chi connectivity index (χ1n) is 2.84. The summed E-state index contributed by atoms with van der Waals surface area (Å²) in [5.41, 5.74) is 0. The van der Waals surface area contributed by atoms with E-state index >= 15 is 0 Å². The molecule has 10 heavy (non-hydrogen) atoms. The van der Waals surface area contributed by atoms with Gasteiger partial charge in [0.15, 0.2) is 0 Å². The first-order valence-corrected chi connectivity index (χ1v) is 2.84. The number of nitrogens with one attached hydrogen (secondary N) is 1. The maximum absolute atomic E-state index is 10.4. The van der Waals surface area contributed by atoms with Crippen LogP contribution in [0, 0.1) is 12.1 Å². The Balaban J connectivity index is 3.05. The van der Waals surface area contributed by atoms with Crippen molar-refractivity contribution in [3.05, 3.63) is 17.2 Å². The lowest BCUT2D eigenvalue weighted by atomic mass is 10.7. The molecule has 1 heterocycles. The molecule has 56 valence electrons. The van der Waals surface area contributed by atoms with Gasteiger partial charge in [-0.25, -0.2) is 10.2 Å². The third-order valence-electron chi connectivity index (χ3n) is 1.44. The zero-order chi connectivity index (χ0) is 7.72. The van der Waals surface area contributed by atoms with E-state index in [1.807, 2.05) is 0 Å². The summed E-state index contributed by atoms with van der Waals surface area (Å²) >= 11 is 0. The minimum atomic E-state index is -0.942. The summed E-state index contributed by atoms with van der Waals surface area (Å²) in [6, 6.07) is 0. The largest absolute Gasteiger partial charge is 0.594 e. The highest BCUT2D eigenvalue weighted by atomic mass is 16.8. The van der Waals surface area contributed by atoms with E-state index < -0.39 is 5.23 Å². The van der Waals surface area contributed by atoms with Crippen LogP contribution in [-0.4, -0.2) is 14.8 Å². The molecule has 1 aromatic rings. The van der Waals surface area contributed by atoms with E-state index in [0.29, 0.717) is 5.82 Å². The molecule has 1 aromatic heterocycles. The van der Waals surface area contributed by atoms with Crippen molar-refractivity contribution in [3.8, 4) is 0 Å². The van der Waals surface area contributed by atoms with Gasteiger partial charge in [0.25, 0.3) is 5.82 Å². The van der Waals surface area contributed by atoms with Crippen LogP contribution in [0.1, 0.15) is 5.82 Å². The van der Waals surface area contributed by atoms with E-state index in [4.69, 9.17) is 5.21 Å². The van der Waals surface area contributed by atoms with E-state index in [-0.39, 0.29) is 5.82 Å². The summed E-state index contributed by atoms with van der Waals surface area (Å²) in [6.07, 6.45) is 1.34. The Morgan fingerprint density at radius 2 is 2.40 bits per heavy atom. The fourth-order valence-electron chi connectivity index (χ4n) is 0.701. The Labute approximate surface area is 58.1 Å². The molecular weight excluding hydrogens is 134 g/mol. The number of rotatable bonds is 1. The lowest BCUT2D eigenvalue weighted by Crippen LogP contribution is -2.99. The number of nitrogens with zero attached hydrogens (tertiary/aromatic N) is 2.